The largest absolute Gasteiger partial charge is 0.744 e. The molecule has 0 bridgehead atoms. The molecule has 0 amide bonds. The topological polar surface area (TPSA) is 114 Å². The number of unbranched alkanes of at least 4 members (excludes halogenated alkanes) is 4. The summed E-state index contributed by atoms with van der Waals surface area (Å²) >= 11 is 0. The Hall–Kier alpha value is -2.87. The molecule has 2 aliphatic heterocycles. The normalized spacial score (nSPS) is 18.7. The third-order valence-corrected chi connectivity index (χ3v) is 11.8. The van der Waals surface area contributed by atoms with Gasteiger partial charge >= 0.3 is 12.0 Å². The second kappa shape index (κ2) is 22.7. The second-order valence-corrected chi connectivity index (χ2v) is 17.1. The Labute approximate surface area is 344 Å². The molecule has 61 heavy (non-hydrogen) atoms. The molecule has 1 unspecified atom stereocenters. The van der Waals surface area contributed by atoms with Gasteiger partial charge in [-0.3, -0.25) is 4.48 Å². The standard InChI is InChI=1S/C12H21F5N.C12H26N.2C6HF5O3S/c1-3-5-7-18(8-6-4-2)9-10(13)11(14,15)12(18,16)17;1-3-5-9-13(10-6-4-2)11-7-8-12-13;2*7-1-2(8)4(10)6(15(12,13)14)5(11)3(1)9/h10H,3-9H2,1-2H3;3-12H2,1-2H3;2*(H,12,13,14)/q2*+1;;/p-2. The minimum atomic E-state index is -5.77. The molecule has 0 radical (unpaired) electrons. The Morgan fingerprint density at radius 1 is 0.508 bits per heavy atom. The van der Waals surface area contributed by atoms with Gasteiger partial charge in [0.15, 0.2) is 46.5 Å². The predicted octanol–water partition coefficient (Wildman–Crippen LogP) is 9.75. The maximum atomic E-state index is 13.9. The number of likely N-dealkylation sites (tertiary alicyclic amines) is 2. The fourth-order valence-electron chi connectivity index (χ4n) is 6.70. The minimum Gasteiger partial charge on any atom is -0.744 e. The average molecular weight is 953 g/mol. The molecular formula is C36H47F15N2O6S2. The average Bonchev–Trinajstić information content (AvgIpc) is 3.69. The smallest absolute Gasteiger partial charge is 0.458 e. The van der Waals surface area contributed by atoms with E-state index in [1.165, 1.54) is 69.2 Å². The van der Waals surface area contributed by atoms with Gasteiger partial charge in [0.2, 0.25) is 17.8 Å². The van der Waals surface area contributed by atoms with E-state index in [2.05, 4.69) is 13.8 Å². The van der Waals surface area contributed by atoms with Crippen LogP contribution in [-0.2, 0) is 20.2 Å². The number of alkyl halides is 5. The van der Waals surface area contributed by atoms with Gasteiger partial charge in [0.05, 0.1) is 39.3 Å². The summed E-state index contributed by atoms with van der Waals surface area (Å²) < 4.78 is 254. The van der Waals surface area contributed by atoms with Crippen LogP contribution in [0.1, 0.15) is 91.9 Å². The van der Waals surface area contributed by atoms with Crippen LogP contribution in [0, 0.1) is 58.2 Å². The summed E-state index contributed by atoms with van der Waals surface area (Å²) in [7, 11) is -11.5. The van der Waals surface area contributed by atoms with E-state index in [1.54, 1.807) is 13.8 Å². The van der Waals surface area contributed by atoms with Crippen LogP contribution >= 0.6 is 0 Å². The Kier molecular flexibility index (Phi) is 20.9. The minimum absolute atomic E-state index is 0.0838. The first-order valence-electron chi connectivity index (χ1n) is 19.0. The van der Waals surface area contributed by atoms with E-state index in [0.717, 1.165) is 0 Å². The third-order valence-electron chi connectivity index (χ3n) is 10.1. The molecule has 0 N–H and O–H groups in total. The van der Waals surface area contributed by atoms with Crippen LogP contribution in [0.4, 0.5) is 65.9 Å². The van der Waals surface area contributed by atoms with E-state index in [-0.39, 0.29) is 13.1 Å². The molecule has 2 aromatic carbocycles. The van der Waals surface area contributed by atoms with Crippen molar-refractivity contribution in [2.24, 2.45) is 0 Å². The lowest BCUT2D eigenvalue weighted by Crippen LogP contribution is -2.61. The van der Waals surface area contributed by atoms with Gasteiger partial charge in [0.25, 0.3) is 0 Å². The van der Waals surface area contributed by atoms with E-state index >= 15 is 0 Å². The van der Waals surface area contributed by atoms with Gasteiger partial charge in [-0.05, 0) is 25.7 Å². The van der Waals surface area contributed by atoms with E-state index in [4.69, 9.17) is 0 Å². The lowest BCUT2D eigenvalue weighted by molar-refractivity contribution is -1.00. The molecular weight excluding hydrogens is 906 g/mol. The third kappa shape index (κ3) is 13.1. The molecule has 0 saturated carbocycles. The molecule has 2 aromatic rings. The van der Waals surface area contributed by atoms with Crippen molar-refractivity contribution in [1.29, 1.82) is 0 Å². The highest BCUT2D eigenvalue weighted by molar-refractivity contribution is 7.86. The van der Waals surface area contributed by atoms with Crippen molar-refractivity contribution in [3.8, 4) is 0 Å². The number of nitrogens with zero attached hydrogens (tertiary/aromatic N) is 2. The monoisotopic (exact) mass is 952 g/mol. The van der Waals surface area contributed by atoms with Gasteiger partial charge < -0.3 is 13.6 Å². The van der Waals surface area contributed by atoms with Gasteiger partial charge in [-0.25, -0.2) is 65.1 Å². The fourth-order valence-corrected chi connectivity index (χ4v) is 7.93. The SMILES string of the molecule is CCCC[N+]1(CCCC)CC(F)C(F)(F)C1(F)F.CCCC[N+]1(CCCC)CCCC1.O=S(=O)([O-])c1c(F)c(F)c(F)c(F)c1F.O=S(=O)([O-])c1c(F)c(F)c(F)c(F)c1F. The highest BCUT2D eigenvalue weighted by Crippen LogP contribution is 2.52. The Balaban J connectivity index is 0.000000409. The first-order valence-corrected chi connectivity index (χ1v) is 21.8. The van der Waals surface area contributed by atoms with Gasteiger partial charge in [-0.2, -0.15) is 8.78 Å². The van der Waals surface area contributed by atoms with Crippen molar-refractivity contribution in [2.45, 2.75) is 120 Å². The molecule has 2 fully saturated rings. The number of benzene rings is 2. The van der Waals surface area contributed by atoms with Gasteiger partial charge in [-0.15, -0.1) is 8.78 Å². The molecule has 0 aromatic heterocycles. The van der Waals surface area contributed by atoms with Crippen molar-refractivity contribution in [3.05, 3.63) is 58.2 Å². The highest BCUT2D eigenvalue weighted by Gasteiger charge is 2.80. The lowest BCUT2D eigenvalue weighted by atomic mass is 10.2. The summed E-state index contributed by atoms with van der Waals surface area (Å²) in [6, 6.07) is -4.29. The first-order chi connectivity index (χ1) is 27.9. The molecule has 2 aliphatic rings. The van der Waals surface area contributed by atoms with Crippen molar-refractivity contribution in [3.63, 3.8) is 0 Å². The molecule has 1 atom stereocenters. The molecule has 25 heteroatoms. The maximum absolute atomic E-state index is 13.9. The van der Waals surface area contributed by atoms with Crippen molar-refractivity contribution >= 4 is 20.2 Å². The van der Waals surface area contributed by atoms with E-state index in [9.17, 15) is 91.8 Å². The molecule has 0 aliphatic carbocycles. The van der Waals surface area contributed by atoms with Gasteiger partial charge in [0, 0.05) is 12.8 Å². The van der Waals surface area contributed by atoms with Crippen LogP contribution in [0.2, 0.25) is 0 Å². The number of rotatable bonds is 14. The van der Waals surface area contributed by atoms with Crippen LogP contribution < -0.4 is 0 Å². The van der Waals surface area contributed by atoms with Crippen LogP contribution in [0.3, 0.4) is 0 Å². The van der Waals surface area contributed by atoms with Gasteiger partial charge in [-0.1, -0.05) is 53.4 Å². The summed E-state index contributed by atoms with van der Waals surface area (Å²) in [5.41, 5.74) is 0. The van der Waals surface area contributed by atoms with E-state index < -0.39 is 117 Å². The van der Waals surface area contributed by atoms with Crippen molar-refractivity contribution < 1.29 is 101 Å². The van der Waals surface area contributed by atoms with E-state index in [1.807, 2.05) is 0 Å². The zero-order chi connectivity index (χ0) is 47.5. The van der Waals surface area contributed by atoms with E-state index in [0.29, 0.717) is 25.7 Å². The number of hydrogen-bond donors (Lipinski definition) is 0. The highest BCUT2D eigenvalue weighted by atomic mass is 32.2. The lowest BCUT2D eigenvalue weighted by Gasteiger charge is -2.39. The van der Waals surface area contributed by atoms with Gasteiger partial charge in [0.1, 0.15) is 36.6 Å². The quantitative estimate of drug-likeness (QED) is 0.0466. The molecule has 4 rings (SSSR count). The summed E-state index contributed by atoms with van der Waals surface area (Å²) in [4.78, 5) is -4.75. The Morgan fingerprint density at radius 2 is 0.770 bits per heavy atom. The number of halogens is 15. The zero-order valence-electron chi connectivity index (χ0n) is 33.4. The Bertz CT molecular complexity index is 1830. The fraction of sp³-hybridized carbons (Fsp3) is 0.667. The molecule has 354 valence electrons. The molecule has 2 heterocycles. The summed E-state index contributed by atoms with van der Waals surface area (Å²) in [5, 5.41) is 0. The summed E-state index contributed by atoms with van der Waals surface area (Å²) in [6.45, 7) is 13.1. The van der Waals surface area contributed by atoms with Crippen LogP contribution in [-0.4, -0.2) is 98.9 Å². The molecule has 2 saturated heterocycles. The predicted molar refractivity (Wildman–Crippen MR) is 187 cm³/mol. The number of quaternary nitrogens is 2. The summed E-state index contributed by atoms with van der Waals surface area (Å²) in [6.07, 6.45) is 7.88. The number of hydrogen-bond acceptors (Lipinski definition) is 6. The first kappa shape index (κ1) is 56.1. The van der Waals surface area contributed by atoms with Crippen molar-refractivity contribution in [1.82, 2.24) is 0 Å². The summed E-state index contributed by atoms with van der Waals surface area (Å²) in [5.74, 6) is -30.2. The van der Waals surface area contributed by atoms with Crippen LogP contribution in [0.25, 0.3) is 0 Å². The van der Waals surface area contributed by atoms with Crippen LogP contribution in [0.15, 0.2) is 9.79 Å². The zero-order valence-corrected chi connectivity index (χ0v) is 35.1. The molecule has 8 nitrogen and oxygen atoms in total. The second-order valence-electron chi connectivity index (χ2n) is 14.5. The Morgan fingerprint density at radius 3 is 1.00 bits per heavy atom. The van der Waals surface area contributed by atoms with Crippen molar-refractivity contribution in [2.75, 3.05) is 45.8 Å². The van der Waals surface area contributed by atoms with Crippen LogP contribution in [0.5, 0.6) is 0 Å². The maximum Gasteiger partial charge on any atom is 0.458 e. The molecule has 0 spiro atoms.